The first-order valence-electron chi connectivity index (χ1n) is 3.94. The summed E-state index contributed by atoms with van der Waals surface area (Å²) in [5.41, 5.74) is 0.950. The van der Waals surface area contributed by atoms with Crippen LogP contribution in [0.2, 0.25) is 0 Å². The van der Waals surface area contributed by atoms with Crippen molar-refractivity contribution < 1.29 is 4.39 Å². The molecule has 0 spiro atoms. The molecule has 1 aromatic carbocycles. The van der Waals surface area contributed by atoms with Crippen molar-refractivity contribution in [2.75, 3.05) is 0 Å². The molecule has 0 amide bonds. The fourth-order valence-corrected chi connectivity index (χ4v) is 3.35. The molecule has 2 aromatic rings. The quantitative estimate of drug-likeness (QED) is 0.736. The van der Waals surface area contributed by atoms with E-state index in [2.05, 4.69) is 28.7 Å². The Morgan fingerprint density at radius 3 is 3.00 bits per heavy atom. The molecule has 0 atom stereocenters. The highest BCUT2D eigenvalue weighted by molar-refractivity contribution is 14.1. The molecule has 1 aromatic heterocycles. The van der Waals surface area contributed by atoms with Gasteiger partial charge in [0, 0.05) is 19.0 Å². The third-order valence-corrected chi connectivity index (χ3v) is 3.68. The summed E-state index contributed by atoms with van der Waals surface area (Å²) in [6.07, 6.45) is 0.380. The fraction of sp³-hybridized carbons (Fsp3) is 0.100. The summed E-state index contributed by atoms with van der Waals surface area (Å²) in [5.74, 6) is -0.169. The Kier molecular flexibility index (Phi) is 2.70. The Balaban J connectivity index is 2.69. The maximum Gasteiger partial charge on any atom is 0.142 e. The van der Waals surface area contributed by atoms with Crippen LogP contribution in [0, 0.1) is 20.7 Å². The average molecular weight is 317 g/mol. The second-order valence-electron chi connectivity index (χ2n) is 2.87. The SMILES string of the molecule is N#CCc1cc(I)c2c(F)csc2c1. The number of fused-ring (bicyclic) bond motifs is 1. The molecule has 0 fully saturated rings. The van der Waals surface area contributed by atoms with Crippen molar-refractivity contribution in [1.82, 2.24) is 0 Å². The third kappa shape index (κ3) is 1.62. The molecule has 4 heteroatoms. The van der Waals surface area contributed by atoms with Crippen LogP contribution in [0.25, 0.3) is 10.1 Å². The van der Waals surface area contributed by atoms with Gasteiger partial charge in [0.15, 0.2) is 0 Å². The standard InChI is InChI=1S/C10H5FINS/c11-7-5-14-9-4-6(1-2-13)3-8(12)10(7)9/h3-5H,1H2. The molecule has 0 saturated carbocycles. The molecular weight excluding hydrogens is 312 g/mol. The summed E-state index contributed by atoms with van der Waals surface area (Å²) in [5, 5.41) is 10.7. The average Bonchev–Trinajstić information content (AvgIpc) is 2.48. The van der Waals surface area contributed by atoms with E-state index in [9.17, 15) is 4.39 Å². The highest BCUT2D eigenvalue weighted by atomic mass is 127. The lowest BCUT2D eigenvalue weighted by Gasteiger charge is -1.98. The first kappa shape index (κ1) is 9.87. The van der Waals surface area contributed by atoms with Crippen LogP contribution in [-0.4, -0.2) is 0 Å². The van der Waals surface area contributed by atoms with Gasteiger partial charge >= 0.3 is 0 Å². The smallest absolute Gasteiger partial charge is 0.142 e. The van der Waals surface area contributed by atoms with Gasteiger partial charge in [0.25, 0.3) is 0 Å². The lowest BCUT2D eigenvalue weighted by atomic mass is 10.1. The van der Waals surface area contributed by atoms with E-state index in [1.54, 1.807) is 0 Å². The van der Waals surface area contributed by atoms with Gasteiger partial charge in [-0.2, -0.15) is 5.26 Å². The van der Waals surface area contributed by atoms with Gasteiger partial charge in [0.05, 0.1) is 12.5 Å². The second kappa shape index (κ2) is 3.83. The zero-order valence-corrected chi connectivity index (χ0v) is 10.0. The molecule has 2 rings (SSSR count). The van der Waals surface area contributed by atoms with Gasteiger partial charge in [-0.05, 0) is 40.3 Å². The number of hydrogen-bond acceptors (Lipinski definition) is 2. The Morgan fingerprint density at radius 1 is 1.50 bits per heavy atom. The van der Waals surface area contributed by atoms with Crippen molar-refractivity contribution >= 4 is 44.0 Å². The minimum absolute atomic E-state index is 0.169. The van der Waals surface area contributed by atoms with Gasteiger partial charge in [-0.15, -0.1) is 11.3 Å². The van der Waals surface area contributed by atoms with Crippen LogP contribution in [0.4, 0.5) is 4.39 Å². The van der Waals surface area contributed by atoms with Crippen LogP contribution in [-0.2, 0) is 6.42 Å². The number of nitriles is 1. The van der Waals surface area contributed by atoms with Crippen LogP contribution in [0.5, 0.6) is 0 Å². The lowest BCUT2D eigenvalue weighted by molar-refractivity contribution is 0.644. The fourth-order valence-electron chi connectivity index (χ4n) is 1.33. The summed E-state index contributed by atoms with van der Waals surface area (Å²) in [7, 11) is 0. The highest BCUT2D eigenvalue weighted by Crippen LogP contribution is 2.30. The molecule has 1 nitrogen and oxygen atoms in total. The zero-order valence-electron chi connectivity index (χ0n) is 7.05. The minimum atomic E-state index is -0.169. The predicted molar refractivity (Wildman–Crippen MR) is 63.8 cm³/mol. The Labute approximate surface area is 98.3 Å². The maximum atomic E-state index is 13.3. The summed E-state index contributed by atoms with van der Waals surface area (Å²) in [6, 6.07) is 5.84. The van der Waals surface area contributed by atoms with E-state index in [0.29, 0.717) is 11.8 Å². The Morgan fingerprint density at radius 2 is 2.29 bits per heavy atom. The van der Waals surface area contributed by atoms with E-state index in [1.807, 2.05) is 12.1 Å². The van der Waals surface area contributed by atoms with E-state index >= 15 is 0 Å². The molecule has 0 radical (unpaired) electrons. The number of hydrogen-bond donors (Lipinski definition) is 0. The largest absolute Gasteiger partial charge is 0.205 e. The second-order valence-corrected chi connectivity index (χ2v) is 4.94. The number of halogens is 2. The Bertz CT molecular complexity index is 527. The monoisotopic (exact) mass is 317 g/mol. The van der Waals surface area contributed by atoms with Gasteiger partial charge < -0.3 is 0 Å². The molecule has 0 N–H and O–H groups in total. The molecule has 0 aliphatic carbocycles. The minimum Gasteiger partial charge on any atom is -0.205 e. The summed E-state index contributed by atoms with van der Waals surface area (Å²) >= 11 is 3.48. The van der Waals surface area contributed by atoms with Gasteiger partial charge in [-0.1, -0.05) is 0 Å². The van der Waals surface area contributed by atoms with E-state index in [0.717, 1.165) is 13.8 Å². The van der Waals surface area contributed by atoms with E-state index < -0.39 is 0 Å². The van der Waals surface area contributed by atoms with Crippen molar-refractivity contribution in [2.45, 2.75) is 6.42 Å². The van der Waals surface area contributed by atoms with Gasteiger partial charge in [-0.25, -0.2) is 4.39 Å². The van der Waals surface area contributed by atoms with Crippen LogP contribution in [0.1, 0.15) is 5.56 Å². The van der Waals surface area contributed by atoms with Gasteiger partial charge in [0.1, 0.15) is 5.82 Å². The normalized spacial score (nSPS) is 10.4. The van der Waals surface area contributed by atoms with Gasteiger partial charge in [-0.3, -0.25) is 0 Å². The van der Waals surface area contributed by atoms with Crippen molar-refractivity contribution in [1.29, 1.82) is 5.26 Å². The number of thiophene rings is 1. The first-order valence-corrected chi connectivity index (χ1v) is 5.90. The first-order chi connectivity index (χ1) is 6.72. The van der Waals surface area contributed by atoms with Crippen molar-refractivity contribution in [3.63, 3.8) is 0 Å². The third-order valence-electron chi connectivity index (χ3n) is 1.93. The summed E-state index contributed by atoms with van der Waals surface area (Å²) in [6.45, 7) is 0. The van der Waals surface area contributed by atoms with Crippen molar-refractivity contribution in [3.8, 4) is 6.07 Å². The van der Waals surface area contributed by atoms with Gasteiger partial charge in [0.2, 0.25) is 0 Å². The molecule has 0 aliphatic heterocycles. The predicted octanol–water partition coefficient (Wildman–Crippen LogP) is 3.71. The van der Waals surface area contributed by atoms with E-state index in [4.69, 9.17) is 5.26 Å². The van der Waals surface area contributed by atoms with Crippen LogP contribution in [0.15, 0.2) is 17.5 Å². The molecule has 1 heterocycles. The number of rotatable bonds is 1. The molecule has 0 unspecified atom stereocenters. The van der Waals surface area contributed by atoms with Crippen LogP contribution >= 0.6 is 33.9 Å². The van der Waals surface area contributed by atoms with Crippen LogP contribution in [0.3, 0.4) is 0 Å². The van der Waals surface area contributed by atoms with Crippen molar-refractivity contribution in [2.24, 2.45) is 0 Å². The lowest BCUT2D eigenvalue weighted by Crippen LogP contribution is -1.84. The molecule has 70 valence electrons. The molecule has 0 aliphatic rings. The molecular formula is C10H5FINS. The number of benzene rings is 1. The zero-order chi connectivity index (χ0) is 10.1. The topological polar surface area (TPSA) is 23.8 Å². The molecule has 14 heavy (non-hydrogen) atoms. The number of nitrogens with zero attached hydrogens (tertiary/aromatic N) is 1. The maximum absolute atomic E-state index is 13.3. The van der Waals surface area contributed by atoms with E-state index in [-0.39, 0.29) is 5.82 Å². The summed E-state index contributed by atoms with van der Waals surface area (Å²) < 4.78 is 15.1. The molecule has 0 bridgehead atoms. The highest BCUT2D eigenvalue weighted by Gasteiger charge is 2.08. The van der Waals surface area contributed by atoms with E-state index in [1.165, 1.54) is 16.7 Å². The molecule has 0 saturated heterocycles. The summed E-state index contributed by atoms with van der Waals surface area (Å²) in [4.78, 5) is 0. The van der Waals surface area contributed by atoms with Crippen molar-refractivity contribution in [3.05, 3.63) is 32.5 Å². The van der Waals surface area contributed by atoms with Crippen LogP contribution < -0.4 is 0 Å². The Hall–Kier alpha value is -0.670.